The van der Waals surface area contributed by atoms with Gasteiger partial charge in [0.2, 0.25) is 0 Å². The number of nitrogens with one attached hydrogen (secondary N) is 3. The molecule has 0 saturated carbocycles. The van der Waals surface area contributed by atoms with Gasteiger partial charge >= 0.3 is 0 Å². The average molecular weight is 359 g/mol. The quantitative estimate of drug-likeness (QED) is 0.502. The predicted octanol–water partition coefficient (Wildman–Crippen LogP) is 4.04. The minimum absolute atomic E-state index is 0.537. The summed E-state index contributed by atoms with van der Waals surface area (Å²) in [5.74, 6) is 2.61. The lowest BCUT2D eigenvalue weighted by Gasteiger charge is -2.06. The first-order valence-corrected chi connectivity index (χ1v) is 9.33. The van der Waals surface area contributed by atoms with E-state index in [0.717, 1.165) is 52.6 Å². The second kappa shape index (κ2) is 6.89. The Kier molecular flexibility index (Phi) is 4.10. The van der Waals surface area contributed by atoms with Gasteiger partial charge in [0, 0.05) is 24.7 Å². The van der Waals surface area contributed by atoms with Gasteiger partial charge in [0.05, 0.1) is 16.7 Å². The molecule has 4 aromatic rings. The van der Waals surface area contributed by atoms with Crippen LogP contribution in [0.1, 0.15) is 18.7 Å². The molecule has 3 N–H and O–H groups in total. The highest BCUT2D eigenvalue weighted by Crippen LogP contribution is 2.27. The van der Waals surface area contributed by atoms with Crippen molar-refractivity contribution in [1.82, 2.24) is 25.5 Å². The molecule has 0 radical (unpaired) electrons. The summed E-state index contributed by atoms with van der Waals surface area (Å²) in [6.07, 6.45) is 5.16. The van der Waals surface area contributed by atoms with Gasteiger partial charge in [-0.2, -0.15) is 5.10 Å². The van der Waals surface area contributed by atoms with Gasteiger partial charge in [0.25, 0.3) is 0 Å². The molecule has 0 amide bonds. The van der Waals surface area contributed by atoms with Crippen LogP contribution in [-0.4, -0.2) is 32.8 Å². The number of rotatable bonds is 5. The first kappa shape index (κ1) is 16.1. The molecular weight excluding hydrogens is 338 g/mol. The van der Waals surface area contributed by atoms with Crippen LogP contribution in [0.4, 0.5) is 0 Å². The van der Waals surface area contributed by atoms with Crippen molar-refractivity contribution in [3.8, 4) is 22.8 Å². The fraction of sp³-hybridized carbons (Fsp3) is 0.238. The molecule has 0 aliphatic carbocycles. The minimum atomic E-state index is 0.537. The summed E-state index contributed by atoms with van der Waals surface area (Å²) in [5.41, 5.74) is 4.05. The highest BCUT2D eigenvalue weighted by molar-refractivity contribution is 5.77. The van der Waals surface area contributed by atoms with Gasteiger partial charge in [0.1, 0.15) is 17.3 Å². The molecule has 6 nitrogen and oxygen atoms in total. The summed E-state index contributed by atoms with van der Waals surface area (Å²) in [6.45, 7) is 1.11. The molecule has 0 unspecified atom stereocenters. The zero-order valence-electron chi connectivity index (χ0n) is 14.9. The number of fused-ring (bicyclic) bond motifs is 1. The Morgan fingerprint density at radius 3 is 2.70 bits per heavy atom. The molecule has 27 heavy (non-hydrogen) atoms. The molecule has 1 fully saturated rings. The van der Waals surface area contributed by atoms with Crippen molar-refractivity contribution in [2.75, 3.05) is 6.54 Å². The Morgan fingerprint density at radius 1 is 1.04 bits per heavy atom. The zero-order valence-corrected chi connectivity index (χ0v) is 14.9. The first-order chi connectivity index (χ1) is 13.3. The van der Waals surface area contributed by atoms with Crippen LogP contribution >= 0.6 is 0 Å². The van der Waals surface area contributed by atoms with E-state index >= 15 is 0 Å². The monoisotopic (exact) mass is 359 g/mol. The lowest BCUT2D eigenvalue weighted by molar-refractivity contribution is 0.483. The second-order valence-electron chi connectivity index (χ2n) is 6.96. The Hall–Kier alpha value is -3.12. The third kappa shape index (κ3) is 3.44. The van der Waals surface area contributed by atoms with E-state index in [2.05, 4.69) is 20.5 Å². The molecule has 2 aromatic carbocycles. The standard InChI is InChI=1S/C21H21N5O/c1-2-15(22-10-1)12-21-24-19-8-7-17(13-20(19)25-21)27-16-5-3-14(4-6-16)18-9-11-23-26-18/h3-9,11,13,15,22H,1-2,10,12H2,(H,23,26)(H,24,25)/t15-/m0/s1. The van der Waals surface area contributed by atoms with E-state index in [1.807, 2.05) is 48.5 Å². The molecule has 2 aromatic heterocycles. The van der Waals surface area contributed by atoms with E-state index in [1.54, 1.807) is 6.20 Å². The Balaban J connectivity index is 1.32. The Labute approximate surface area is 157 Å². The van der Waals surface area contributed by atoms with E-state index in [9.17, 15) is 0 Å². The van der Waals surface area contributed by atoms with Crippen molar-refractivity contribution < 1.29 is 4.74 Å². The summed E-state index contributed by atoms with van der Waals surface area (Å²) in [7, 11) is 0. The van der Waals surface area contributed by atoms with Crippen LogP contribution in [0.15, 0.2) is 54.7 Å². The topological polar surface area (TPSA) is 78.6 Å². The summed E-state index contributed by atoms with van der Waals surface area (Å²) in [5, 5.41) is 10.5. The molecule has 1 saturated heterocycles. The number of ether oxygens (including phenoxy) is 1. The van der Waals surface area contributed by atoms with Crippen LogP contribution < -0.4 is 10.1 Å². The zero-order chi connectivity index (χ0) is 18.1. The van der Waals surface area contributed by atoms with Crippen molar-refractivity contribution in [1.29, 1.82) is 0 Å². The average Bonchev–Trinajstić information content (AvgIpc) is 3.44. The highest BCUT2D eigenvalue weighted by Gasteiger charge is 2.16. The second-order valence-corrected chi connectivity index (χ2v) is 6.96. The highest BCUT2D eigenvalue weighted by atomic mass is 16.5. The number of aromatic amines is 2. The number of benzene rings is 2. The molecule has 3 heterocycles. The molecule has 1 aliphatic rings. The SMILES string of the molecule is c1cc(-c2ccc(Oc3ccc4[nH]c(C[C@@H]5CCCN5)nc4c3)cc2)[nH]n1. The molecule has 6 heteroatoms. The molecule has 0 spiro atoms. The van der Waals surface area contributed by atoms with E-state index in [-0.39, 0.29) is 0 Å². The number of hydrogen-bond acceptors (Lipinski definition) is 4. The van der Waals surface area contributed by atoms with Crippen LogP contribution in [0, 0.1) is 0 Å². The van der Waals surface area contributed by atoms with E-state index < -0.39 is 0 Å². The number of imidazole rings is 1. The summed E-state index contributed by atoms with van der Waals surface area (Å²) in [6, 6.07) is 16.4. The maximum atomic E-state index is 6.01. The number of aromatic nitrogens is 4. The minimum Gasteiger partial charge on any atom is -0.457 e. The first-order valence-electron chi connectivity index (χ1n) is 9.33. The summed E-state index contributed by atoms with van der Waals surface area (Å²) < 4.78 is 6.01. The fourth-order valence-corrected chi connectivity index (χ4v) is 3.62. The smallest absolute Gasteiger partial charge is 0.129 e. The fourth-order valence-electron chi connectivity index (χ4n) is 3.62. The van der Waals surface area contributed by atoms with Crippen LogP contribution in [0.5, 0.6) is 11.5 Å². The molecule has 5 rings (SSSR count). The van der Waals surface area contributed by atoms with Crippen LogP contribution in [-0.2, 0) is 6.42 Å². The van der Waals surface area contributed by atoms with Gasteiger partial charge in [-0.05, 0) is 67.4 Å². The van der Waals surface area contributed by atoms with E-state index in [0.29, 0.717) is 6.04 Å². The lowest BCUT2D eigenvalue weighted by atomic mass is 10.1. The Bertz CT molecular complexity index is 1030. The van der Waals surface area contributed by atoms with Crippen molar-refractivity contribution >= 4 is 11.0 Å². The van der Waals surface area contributed by atoms with Gasteiger partial charge in [0.15, 0.2) is 0 Å². The number of H-pyrrole nitrogens is 2. The number of nitrogens with zero attached hydrogens (tertiary/aromatic N) is 2. The molecule has 1 aliphatic heterocycles. The molecule has 1 atom stereocenters. The van der Waals surface area contributed by atoms with Crippen molar-refractivity contribution in [2.24, 2.45) is 0 Å². The maximum absolute atomic E-state index is 6.01. The van der Waals surface area contributed by atoms with Crippen molar-refractivity contribution in [3.63, 3.8) is 0 Å². The van der Waals surface area contributed by atoms with E-state index in [1.165, 1.54) is 12.8 Å². The third-order valence-electron chi connectivity index (χ3n) is 5.01. The Morgan fingerprint density at radius 2 is 1.93 bits per heavy atom. The van der Waals surface area contributed by atoms with Gasteiger partial charge in [-0.15, -0.1) is 0 Å². The predicted molar refractivity (Wildman–Crippen MR) is 105 cm³/mol. The van der Waals surface area contributed by atoms with Gasteiger partial charge < -0.3 is 15.0 Å². The van der Waals surface area contributed by atoms with Crippen LogP contribution in [0.2, 0.25) is 0 Å². The molecular formula is C21H21N5O. The molecule has 0 bridgehead atoms. The molecule has 136 valence electrons. The van der Waals surface area contributed by atoms with E-state index in [4.69, 9.17) is 9.72 Å². The van der Waals surface area contributed by atoms with Crippen LogP contribution in [0.3, 0.4) is 0 Å². The maximum Gasteiger partial charge on any atom is 0.129 e. The van der Waals surface area contributed by atoms with Gasteiger partial charge in [-0.1, -0.05) is 0 Å². The van der Waals surface area contributed by atoms with Crippen LogP contribution in [0.25, 0.3) is 22.3 Å². The summed E-state index contributed by atoms with van der Waals surface area (Å²) in [4.78, 5) is 8.16. The summed E-state index contributed by atoms with van der Waals surface area (Å²) >= 11 is 0. The van der Waals surface area contributed by atoms with Crippen molar-refractivity contribution in [2.45, 2.75) is 25.3 Å². The lowest BCUT2D eigenvalue weighted by Crippen LogP contribution is -2.24. The normalized spacial score (nSPS) is 16.8. The largest absolute Gasteiger partial charge is 0.457 e. The number of hydrogen-bond donors (Lipinski definition) is 3. The van der Waals surface area contributed by atoms with Gasteiger partial charge in [-0.3, -0.25) is 5.10 Å². The van der Waals surface area contributed by atoms with Gasteiger partial charge in [-0.25, -0.2) is 4.98 Å². The third-order valence-corrected chi connectivity index (χ3v) is 5.01. The van der Waals surface area contributed by atoms with Crippen molar-refractivity contribution in [3.05, 3.63) is 60.6 Å².